The summed E-state index contributed by atoms with van der Waals surface area (Å²) in [5.74, 6) is -0.0319. The Morgan fingerprint density at radius 2 is 2.10 bits per heavy atom. The summed E-state index contributed by atoms with van der Waals surface area (Å²) in [5.41, 5.74) is 1.56. The second-order valence-corrected chi connectivity index (χ2v) is 5.57. The third-order valence-corrected chi connectivity index (χ3v) is 3.11. The number of ether oxygens (including phenoxy) is 1. The van der Waals surface area contributed by atoms with Crippen molar-refractivity contribution in [1.82, 2.24) is 5.32 Å². The first-order chi connectivity index (χ1) is 9.46. The van der Waals surface area contributed by atoms with Crippen molar-refractivity contribution in [3.63, 3.8) is 0 Å². The Labute approximate surface area is 121 Å². The average Bonchev–Trinajstić information content (AvgIpc) is 2.39. The Balaban J connectivity index is 2.55. The third kappa shape index (κ3) is 6.17. The van der Waals surface area contributed by atoms with Crippen LogP contribution in [-0.2, 0) is 16.1 Å². The number of carbonyl (C=O) groups excluding carboxylic acids is 1. The summed E-state index contributed by atoms with van der Waals surface area (Å²) in [6, 6.07) is 7.92. The number of nitrogens with one attached hydrogen (secondary N) is 2. The lowest BCUT2D eigenvalue weighted by Crippen LogP contribution is -2.29. The van der Waals surface area contributed by atoms with Gasteiger partial charge in [0.2, 0.25) is 5.91 Å². The summed E-state index contributed by atoms with van der Waals surface area (Å²) in [4.78, 5) is 12.0. The molecule has 1 aromatic carbocycles. The Morgan fingerprint density at radius 1 is 1.35 bits per heavy atom. The van der Waals surface area contributed by atoms with E-state index >= 15 is 0 Å². The van der Waals surface area contributed by atoms with Crippen LogP contribution in [0.3, 0.4) is 0 Å². The summed E-state index contributed by atoms with van der Waals surface area (Å²) >= 11 is 0. The van der Waals surface area contributed by atoms with Crippen molar-refractivity contribution in [2.75, 3.05) is 19.0 Å². The molecule has 0 aliphatic heterocycles. The summed E-state index contributed by atoms with van der Waals surface area (Å²) in [6.07, 6.45) is 1.45. The number of anilines is 1. The van der Waals surface area contributed by atoms with Crippen LogP contribution in [0.1, 0.15) is 39.2 Å². The topological polar surface area (TPSA) is 50.4 Å². The van der Waals surface area contributed by atoms with E-state index in [9.17, 15) is 4.79 Å². The number of carbonyl (C=O) groups is 1. The molecule has 0 saturated carbocycles. The minimum Gasteiger partial charge on any atom is -0.378 e. The van der Waals surface area contributed by atoms with Crippen LogP contribution in [-0.4, -0.2) is 25.2 Å². The van der Waals surface area contributed by atoms with Crippen molar-refractivity contribution in [1.29, 1.82) is 0 Å². The maximum absolute atomic E-state index is 12.0. The van der Waals surface area contributed by atoms with Crippen LogP contribution in [0.2, 0.25) is 0 Å². The molecule has 2 N–H and O–H groups in total. The molecule has 4 heteroatoms. The van der Waals surface area contributed by atoms with E-state index in [-0.39, 0.29) is 5.91 Å². The van der Waals surface area contributed by atoms with Gasteiger partial charge in [0, 0.05) is 19.3 Å². The predicted molar refractivity (Wildman–Crippen MR) is 82.8 cm³/mol. The fraction of sp³-hybridized carbons (Fsp3) is 0.562. The SMILES string of the molecule is CCCNCc1cccc(NC(=O)CC(C)(C)OC)c1. The van der Waals surface area contributed by atoms with Gasteiger partial charge in [-0.15, -0.1) is 0 Å². The van der Waals surface area contributed by atoms with Crippen LogP contribution in [0.5, 0.6) is 0 Å². The average molecular weight is 278 g/mol. The van der Waals surface area contributed by atoms with Crippen LogP contribution in [0, 0.1) is 0 Å². The molecule has 112 valence electrons. The zero-order valence-electron chi connectivity index (χ0n) is 13.0. The van der Waals surface area contributed by atoms with Gasteiger partial charge in [-0.1, -0.05) is 19.1 Å². The molecule has 20 heavy (non-hydrogen) atoms. The Kier molecular flexibility index (Phi) is 6.68. The molecule has 1 amide bonds. The number of hydrogen-bond donors (Lipinski definition) is 2. The Morgan fingerprint density at radius 3 is 2.75 bits per heavy atom. The molecule has 0 saturated heterocycles. The van der Waals surface area contributed by atoms with Gasteiger partial charge in [0.05, 0.1) is 12.0 Å². The van der Waals surface area contributed by atoms with Crippen LogP contribution in [0.4, 0.5) is 5.69 Å². The summed E-state index contributed by atoms with van der Waals surface area (Å²) in [6.45, 7) is 7.76. The number of amides is 1. The second-order valence-electron chi connectivity index (χ2n) is 5.57. The maximum atomic E-state index is 12.0. The largest absolute Gasteiger partial charge is 0.378 e. The fourth-order valence-corrected chi connectivity index (χ4v) is 1.83. The van der Waals surface area contributed by atoms with E-state index in [1.165, 1.54) is 5.56 Å². The lowest BCUT2D eigenvalue weighted by Gasteiger charge is -2.22. The molecule has 0 spiro atoms. The smallest absolute Gasteiger partial charge is 0.227 e. The van der Waals surface area contributed by atoms with E-state index in [0.29, 0.717) is 6.42 Å². The van der Waals surface area contributed by atoms with Gasteiger partial charge < -0.3 is 15.4 Å². The van der Waals surface area contributed by atoms with Gasteiger partial charge in [-0.25, -0.2) is 0 Å². The first-order valence-corrected chi connectivity index (χ1v) is 7.11. The number of hydrogen-bond acceptors (Lipinski definition) is 3. The highest BCUT2D eigenvalue weighted by atomic mass is 16.5. The number of benzene rings is 1. The molecule has 0 aliphatic rings. The zero-order valence-corrected chi connectivity index (χ0v) is 13.0. The van der Waals surface area contributed by atoms with Crippen molar-refractivity contribution < 1.29 is 9.53 Å². The first-order valence-electron chi connectivity index (χ1n) is 7.11. The molecule has 0 atom stereocenters. The lowest BCUT2D eigenvalue weighted by atomic mass is 10.0. The molecule has 0 unspecified atom stereocenters. The lowest BCUT2D eigenvalue weighted by molar-refractivity contribution is -0.121. The quantitative estimate of drug-likeness (QED) is 0.719. The summed E-state index contributed by atoms with van der Waals surface area (Å²) in [7, 11) is 1.62. The second kappa shape index (κ2) is 8.02. The number of rotatable bonds is 8. The predicted octanol–water partition coefficient (Wildman–Crippen LogP) is 2.94. The molecule has 4 nitrogen and oxygen atoms in total. The highest BCUT2D eigenvalue weighted by molar-refractivity contribution is 5.91. The van der Waals surface area contributed by atoms with Crippen molar-refractivity contribution in [2.24, 2.45) is 0 Å². The molecule has 1 aromatic rings. The Hall–Kier alpha value is -1.39. The summed E-state index contributed by atoms with van der Waals surface area (Å²) < 4.78 is 5.26. The molecule has 0 heterocycles. The van der Waals surface area contributed by atoms with E-state index in [1.54, 1.807) is 7.11 Å². The normalized spacial score (nSPS) is 11.4. The Bertz CT molecular complexity index is 430. The van der Waals surface area contributed by atoms with E-state index < -0.39 is 5.60 Å². The third-order valence-electron chi connectivity index (χ3n) is 3.11. The van der Waals surface area contributed by atoms with Crippen LogP contribution in [0.25, 0.3) is 0 Å². The monoisotopic (exact) mass is 278 g/mol. The molecule has 0 bridgehead atoms. The van der Waals surface area contributed by atoms with Crippen LogP contribution in [0.15, 0.2) is 24.3 Å². The number of methoxy groups -OCH3 is 1. The van der Waals surface area contributed by atoms with Gasteiger partial charge in [-0.05, 0) is 44.5 Å². The van der Waals surface area contributed by atoms with Gasteiger partial charge in [0.25, 0.3) is 0 Å². The minimum absolute atomic E-state index is 0.0319. The van der Waals surface area contributed by atoms with E-state index in [4.69, 9.17) is 4.74 Å². The molecular weight excluding hydrogens is 252 g/mol. The van der Waals surface area contributed by atoms with E-state index in [2.05, 4.69) is 23.6 Å². The van der Waals surface area contributed by atoms with Crippen molar-refractivity contribution in [3.05, 3.63) is 29.8 Å². The molecule has 1 rings (SSSR count). The van der Waals surface area contributed by atoms with E-state index in [1.807, 2.05) is 32.0 Å². The van der Waals surface area contributed by atoms with Crippen LogP contribution >= 0.6 is 0 Å². The van der Waals surface area contributed by atoms with Crippen molar-refractivity contribution >= 4 is 11.6 Å². The first kappa shape index (κ1) is 16.7. The molecule has 0 aliphatic carbocycles. The van der Waals surface area contributed by atoms with Gasteiger partial charge >= 0.3 is 0 Å². The van der Waals surface area contributed by atoms with Crippen molar-refractivity contribution in [2.45, 2.75) is 45.8 Å². The molecule has 0 aromatic heterocycles. The van der Waals surface area contributed by atoms with Crippen LogP contribution < -0.4 is 10.6 Å². The van der Waals surface area contributed by atoms with Gasteiger partial charge in [-0.3, -0.25) is 4.79 Å². The molecule has 0 fully saturated rings. The molecular formula is C16H26N2O2. The standard InChI is InChI=1S/C16H26N2O2/c1-5-9-17-12-13-7-6-8-14(10-13)18-15(19)11-16(2,3)20-4/h6-8,10,17H,5,9,11-12H2,1-4H3,(H,18,19). The van der Waals surface area contributed by atoms with Gasteiger partial charge in [0.15, 0.2) is 0 Å². The highest BCUT2D eigenvalue weighted by Gasteiger charge is 2.20. The minimum atomic E-state index is -0.440. The molecule has 0 radical (unpaired) electrons. The highest BCUT2D eigenvalue weighted by Crippen LogP contribution is 2.16. The van der Waals surface area contributed by atoms with Gasteiger partial charge in [0.1, 0.15) is 0 Å². The van der Waals surface area contributed by atoms with Crippen molar-refractivity contribution in [3.8, 4) is 0 Å². The van der Waals surface area contributed by atoms with Gasteiger partial charge in [-0.2, -0.15) is 0 Å². The summed E-state index contributed by atoms with van der Waals surface area (Å²) in [5, 5.41) is 6.26. The maximum Gasteiger partial charge on any atom is 0.227 e. The fourth-order valence-electron chi connectivity index (χ4n) is 1.83. The zero-order chi connectivity index (χ0) is 15.0. The van der Waals surface area contributed by atoms with E-state index in [0.717, 1.165) is 25.2 Å².